The van der Waals surface area contributed by atoms with Crippen molar-refractivity contribution in [2.45, 2.75) is 19.8 Å². The minimum atomic E-state index is -0.195. The van der Waals surface area contributed by atoms with Crippen LogP contribution in [0, 0.1) is 18.3 Å². The van der Waals surface area contributed by atoms with Gasteiger partial charge in [0.25, 0.3) is 0 Å². The minimum Gasteiger partial charge on any atom is -0.460 e. The fourth-order valence-corrected chi connectivity index (χ4v) is 1.52. The third kappa shape index (κ3) is 1.99. The molecule has 0 bridgehead atoms. The molecule has 1 unspecified atom stereocenters. The summed E-state index contributed by atoms with van der Waals surface area (Å²) in [6.07, 6.45) is 0. The minimum absolute atomic E-state index is 0.195. The molecule has 0 radical (unpaired) electrons. The third-order valence-corrected chi connectivity index (χ3v) is 2.58. The van der Waals surface area contributed by atoms with Crippen LogP contribution in [0.15, 0.2) is 40.8 Å². The van der Waals surface area contributed by atoms with Gasteiger partial charge in [-0.25, -0.2) is 0 Å². The van der Waals surface area contributed by atoms with Gasteiger partial charge in [0.2, 0.25) is 0 Å². The Balaban J connectivity index is 2.32. The predicted octanol–water partition coefficient (Wildman–Crippen LogP) is 3.88. The van der Waals surface area contributed by atoms with E-state index in [1.54, 1.807) is 0 Å². The smallest absolute Gasteiger partial charge is 0.134 e. The number of furan rings is 1. The first kappa shape index (κ1) is 10.5. The van der Waals surface area contributed by atoms with Crippen LogP contribution >= 0.6 is 0 Å². The third-order valence-electron chi connectivity index (χ3n) is 2.58. The maximum Gasteiger partial charge on any atom is 0.134 e. The summed E-state index contributed by atoms with van der Waals surface area (Å²) >= 11 is 0. The molecule has 0 aliphatic carbocycles. The molecular weight excluding hydrogens is 198 g/mol. The van der Waals surface area contributed by atoms with Gasteiger partial charge < -0.3 is 4.42 Å². The van der Waals surface area contributed by atoms with Crippen LogP contribution < -0.4 is 0 Å². The summed E-state index contributed by atoms with van der Waals surface area (Å²) in [7, 11) is 0. The van der Waals surface area contributed by atoms with Crippen LogP contribution in [-0.4, -0.2) is 0 Å². The second-order valence-corrected chi connectivity index (χ2v) is 3.92. The first-order valence-electron chi connectivity index (χ1n) is 5.27. The Labute approximate surface area is 95.1 Å². The van der Waals surface area contributed by atoms with E-state index in [-0.39, 0.29) is 5.92 Å². The molecule has 1 aromatic heterocycles. The second kappa shape index (κ2) is 4.24. The van der Waals surface area contributed by atoms with Gasteiger partial charge in [-0.15, -0.1) is 0 Å². The fourth-order valence-electron chi connectivity index (χ4n) is 1.52. The normalized spacial score (nSPS) is 12.1. The van der Waals surface area contributed by atoms with Gasteiger partial charge in [-0.05, 0) is 26.0 Å². The molecule has 0 fully saturated rings. The topological polar surface area (TPSA) is 36.9 Å². The summed E-state index contributed by atoms with van der Waals surface area (Å²) in [5.74, 6) is 1.34. The lowest BCUT2D eigenvalue weighted by molar-refractivity contribution is 0.514. The first-order valence-corrected chi connectivity index (χ1v) is 5.27. The lowest BCUT2D eigenvalue weighted by atomic mass is 10.1. The molecule has 16 heavy (non-hydrogen) atoms. The van der Waals surface area contributed by atoms with Gasteiger partial charge in [-0.3, -0.25) is 0 Å². The summed E-state index contributed by atoms with van der Waals surface area (Å²) in [5.41, 5.74) is 2.27. The second-order valence-electron chi connectivity index (χ2n) is 3.92. The van der Waals surface area contributed by atoms with E-state index < -0.39 is 0 Å². The van der Waals surface area contributed by atoms with Crippen LogP contribution in [0.3, 0.4) is 0 Å². The highest BCUT2D eigenvalue weighted by molar-refractivity contribution is 5.58. The number of nitrogens with zero attached hydrogens (tertiary/aromatic N) is 1. The molecule has 2 heteroatoms. The molecule has 1 heterocycles. The standard InChI is InChI=1S/C14H13NO/c1-10-3-5-12(6-4-10)14-8-7-13(16-14)11(2)9-15/h3-8,11H,1-2H3. The summed E-state index contributed by atoms with van der Waals surface area (Å²) in [4.78, 5) is 0. The average molecular weight is 211 g/mol. The van der Waals surface area contributed by atoms with Crippen molar-refractivity contribution in [1.82, 2.24) is 0 Å². The van der Waals surface area contributed by atoms with Gasteiger partial charge in [0.15, 0.2) is 0 Å². The lowest BCUT2D eigenvalue weighted by Crippen LogP contribution is -1.84. The molecule has 0 amide bonds. The monoisotopic (exact) mass is 211 g/mol. The number of benzene rings is 1. The van der Waals surface area contributed by atoms with E-state index in [9.17, 15) is 0 Å². The van der Waals surface area contributed by atoms with Crippen molar-refractivity contribution in [1.29, 1.82) is 5.26 Å². The number of aryl methyl sites for hydroxylation is 1. The lowest BCUT2D eigenvalue weighted by Gasteiger charge is -1.99. The molecule has 0 spiro atoms. The number of rotatable bonds is 2. The van der Waals surface area contributed by atoms with E-state index >= 15 is 0 Å². The van der Waals surface area contributed by atoms with Gasteiger partial charge in [0.1, 0.15) is 17.4 Å². The predicted molar refractivity (Wildman–Crippen MR) is 62.9 cm³/mol. The molecule has 2 aromatic rings. The van der Waals surface area contributed by atoms with Crippen LogP contribution in [0.25, 0.3) is 11.3 Å². The van der Waals surface area contributed by atoms with Crippen LogP contribution in [-0.2, 0) is 0 Å². The molecule has 0 N–H and O–H groups in total. The van der Waals surface area contributed by atoms with Crippen LogP contribution in [0.5, 0.6) is 0 Å². The molecule has 80 valence electrons. The van der Waals surface area contributed by atoms with Gasteiger partial charge in [-0.1, -0.05) is 29.8 Å². The SMILES string of the molecule is Cc1ccc(-c2ccc(C(C)C#N)o2)cc1. The van der Waals surface area contributed by atoms with Crippen LogP contribution in [0.1, 0.15) is 24.2 Å². The van der Waals surface area contributed by atoms with Crippen molar-refractivity contribution < 1.29 is 4.42 Å². The van der Waals surface area contributed by atoms with E-state index in [1.807, 2.05) is 43.3 Å². The van der Waals surface area contributed by atoms with Crippen molar-refractivity contribution in [3.8, 4) is 17.4 Å². The van der Waals surface area contributed by atoms with E-state index in [2.05, 4.69) is 13.0 Å². The Bertz CT molecular complexity index is 516. The number of hydrogen-bond donors (Lipinski definition) is 0. The maximum atomic E-state index is 8.79. The highest BCUT2D eigenvalue weighted by atomic mass is 16.3. The van der Waals surface area contributed by atoms with Crippen molar-refractivity contribution in [2.75, 3.05) is 0 Å². The highest BCUT2D eigenvalue weighted by Gasteiger charge is 2.10. The average Bonchev–Trinajstić information content (AvgIpc) is 2.78. The van der Waals surface area contributed by atoms with E-state index in [0.29, 0.717) is 0 Å². The van der Waals surface area contributed by atoms with Crippen molar-refractivity contribution in [2.24, 2.45) is 0 Å². The summed E-state index contributed by atoms with van der Waals surface area (Å²) in [6.45, 7) is 3.88. The molecular formula is C14H13NO. The zero-order valence-electron chi connectivity index (χ0n) is 9.40. The van der Waals surface area contributed by atoms with Crippen LogP contribution in [0.2, 0.25) is 0 Å². The molecule has 2 nitrogen and oxygen atoms in total. The Morgan fingerprint density at radius 3 is 2.44 bits per heavy atom. The molecule has 2 rings (SSSR count). The molecule has 1 aromatic carbocycles. The molecule has 0 aliphatic heterocycles. The zero-order chi connectivity index (χ0) is 11.5. The van der Waals surface area contributed by atoms with Gasteiger partial charge >= 0.3 is 0 Å². The summed E-state index contributed by atoms with van der Waals surface area (Å²) in [6, 6.07) is 14.1. The number of hydrogen-bond acceptors (Lipinski definition) is 2. The van der Waals surface area contributed by atoms with Crippen molar-refractivity contribution in [3.05, 3.63) is 47.7 Å². The Kier molecular flexibility index (Phi) is 2.78. The largest absolute Gasteiger partial charge is 0.460 e. The van der Waals surface area contributed by atoms with Crippen molar-refractivity contribution in [3.63, 3.8) is 0 Å². The highest BCUT2D eigenvalue weighted by Crippen LogP contribution is 2.25. The summed E-state index contributed by atoms with van der Waals surface area (Å²) < 4.78 is 5.64. The molecule has 0 saturated heterocycles. The fraction of sp³-hybridized carbons (Fsp3) is 0.214. The van der Waals surface area contributed by atoms with Gasteiger partial charge in [-0.2, -0.15) is 5.26 Å². The summed E-state index contributed by atoms with van der Waals surface area (Å²) in [5, 5.41) is 8.79. The Morgan fingerprint density at radius 2 is 1.81 bits per heavy atom. The van der Waals surface area contributed by atoms with Crippen LogP contribution in [0.4, 0.5) is 0 Å². The molecule has 1 atom stereocenters. The maximum absolute atomic E-state index is 8.79. The van der Waals surface area contributed by atoms with E-state index in [1.165, 1.54) is 5.56 Å². The zero-order valence-corrected chi connectivity index (χ0v) is 9.40. The quantitative estimate of drug-likeness (QED) is 0.755. The molecule has 0 aliphatic rings. The van der Waals surface area contributed by atoms with Gasteiger partial charge in [0.05, 0.1) is 6.07 Å². The molecule has 0 saturated carbocycles. The van der Waals surface area contributed by atoms with E-state index in [0.717, 1.165) is 17.1 Å². The van der Waals surface area contributed by atoms with E-state index in [4.69, 9.17) is 9.68 Å². The first-order chi connectivity index (χ1) is 7.70. The number of nitriles is 1. The van der Waals surface area contributed by atoms with Crippen molar-refractivity contribution >= 4 is 0 Å². The van der Waals surface area contributed by atoms with Gasteiger partial charge in [0, 0.05) is 5.56 Å². The Hall–Kier alpha value is -2.01. The Morgan fingerprint density at radius 1 is 1.12 bits per heavy atom.